The van der Waals surface area contributed by atoms with Gasteiger partial charge in [-0.05, 0) is 86.9 Å². The largest absolute Gasteiger partial charge is 0.469 e. The molecule has 4 aliphatic carbocycles. The van der Waals surface area contributed by atoms with Gasteiger partial charge in [-0.25, -0.2) is 0 Å². The van der Waals surface area contributed by atoms with Gasteiger partial charge >= 0.3 is 5.97 Å². The summed E-state index contributed by atoms with van der Waals surface area (Å²) in [6.07, 6.45) is 11.3. The molecule has 4 saturated carbocycles. The maximum atomic E-state index is 12.6. The molecule has 6 atom stereocenters. The highest BCUT2D eigenvalue weighted by Crippen LogP contribution is 2.72. The molecular formula is C21H32O2. The Bertz CT molecular complexity index is 552. The van der Waals surface area contributed by atoms with Crippen LogP contribution in [0.5, 0.6) is 0 Å². The van der Waals surface area contributed by atoms with Crippen molar-refractivity contribution in [1.82, 2.24) is 0 Å². The van der Waals surface area contributed by atoms with Crippen molar-refractivity contribution >= 4 is 5.97 Å². The minimum Gasteiger partial charge on any atom is -0.469 e. The molecule has 2 heteroatoms. The van der Waals surface area contributed by atoms with Gasteiger partial charge in [-0.15, -0.1) is 0 Å². The lowest BCUT2D eigenvalue weighted by Gasteiger charge is -2.63. The molecule has 23 heavy (non-hydrogen) atoms. The molecule has 0 aliphatic heterocycles. The Morgan fingerprint density at radius 2 is 1.91 bits per heavy atom. The van der Waals surface area contributed by atoms with Crippen molar-refractivity contribution < 1.29 is 9.53 Å². The number of rotatable bonds is 1. The van der Waals surface area contributed by atoms with Gasteiger partial charge < -0.3 is 4.74 Å². The number of hydrogen-bond acceptors (Lipinski definition) is 2. The van der Waals surface area contributed by atoms with Crippen molar-refractivity contribution in [3.8, 4) is 0 Å². The normalized spacial score (nSPS) is 51.8. The molecule has 0 saturated heterocycles. The van der Waals surface area contributed by atoms with Gasteiger partial charge in [-0.2, -0.15) is 0 Å². The fourth-order valence-corrected chi connectivity index (χ4v) is 7.83. The molecule has 0 radical (unpaired) electrons. The van der Waals surface area contributed by atoms with Gasteiger partial charge in [0.05, 0.1) is 12.5 Å². The molecular weight excluding hydrogens is 284 g/mol. The van der Waals surface area contributed by atoms with Crippen molar-refractivity contribution in [2.75, 3.05) is 7.11 Å². The Kier molecular flexibility index (Phi) is 3.32. The van der Waals surface area contributed by atoms with Crippen LogP contribution in [0.1, 0.15) is 71.6 Å². The second kappa shape index (κ2) is 4.86. The Balaban J connectivity index is 1.73. The summed E-state index contributed by atoms with van der Waals surface area (Å²) in [5.41, 5.74) is 2.09. The Hall–Kier alpha value is -0.790. The van der Waals surface area contributed by atoms with E-state index in [-0.39, 0.29) is 11.4 Å². The number of carbonyl (C=O) groups is 1. The second-order valence-electron chi connectivity index (χ2n) is 9.59. The van der Waals surface area contributed by atoms with Gasteiger partial charge in [0.1, 0.15) is 0 Å². The van der Waals surface area contributed by atoms with Crippen molar-refractivity contribution in [3.05, 3.63) is 12.2 Å². The molecule has 2 bridgehead atoms. The third kappa shape index (κ3) is 1.90. The van der Waals surface area contributed by atoms with E-state index in [9.17, 15) is 4.79 Å². The third-order valence-electron chi connectivity index (χ3n) is 8.71. The summed E-state index contributed by atoms with van der Waals surface area (Å²) >= 11 is 0. The molecule has 2 nitrogen and oxygen atoms in total. The summed E-state index contributed by atoms with van der Waals surface area (Å²) < 4.78 is 5.25. The first-order chi connectivity index (χ1) is 10.9. The van der Waals surface area contributed by atoms with Crippen molar-refractivity contribution in [1.29, 1.82) is 0 Å². The number of hydrogen-bond donors (Lipinski definition) is 0. The first-order valence-electron chi connectivity index (χ1n) is 9.62. The van der Waals surface area contributed by atoms with Gasteiger partial charge in [0, 0.05) is 0 Å². The van der Waals surface area contributed by atoms with E-state index >= 15 is 0 Å². The standard InChI is InChI=1S/C21H32O2/c1-14-12-21-11-8-16-19(2,17(21)7-6-15(14)13-21)9-5-10-20(16,3)18(22)23-4/h15-17H,1,5-13H2,2-4H3/t15?,16-,17-,19+,20+,21+/m0/s1. The van der Waals surface area contributed by atoms with Crippen LogP contribution in [0.3, 0.4) is 0 Å². The maximum absolute atomic E-state index is 12.6. The maximum Gasteiger partial charge on any atom is 0.311 e. The first kappa shape index (κ1) is 15.7. The molecule has 0 aromatic rings. The highest BCUT2D eigenvalue weighted by atomic mass is 16.5. The van der Waals surface area contributed by atoms with Crippen LogP contribution in [-0.2, 0) is 9.53 Å². The highest BCUT2D eigenvalue weighted by Gasteiger charge is 2.65. The van der Waals surface area contributed by atoms with Crippen molar-refractivity contribution in [3.63, 3.8) is 0 Å². The molecule has 128 valence electrons. The van der Waals surface area contributed by atoms with Gasteiger partial charge in [-0.1, -0.05) is 25.5 Å². The lowest BCUT2D eigenvalue weighted by molar-refractivity contribution is -0.183. The lowest BCUT2D eigenvalue weighted by atomic mass is 9.41. The summed E-state index contributed by atoms with van der Waals surface area (Å²) in [5.74, 6) is 2.11. The predicted molar refractivity (Wildman–Crippen MR) is 91.8 cm³/mol. The minimum absolute atomic E-state index is 0.0360. The van der Waals surface area contributed by atoms with E-state index in [2.05, 4.69) is 20.4 Å². The minimum atomic E-state index is -0.268. The van der Waals surface area contributed by atoms with Crippen LogP contribution in [-0.4, -0.2) is 13.1 Å². The van der Waals surface area contributed by atoms with E-state index in [4.69, 9.17) is 4.74 Å². The molecule has 1 spiro atoms. The fraction of sp³-hybridized carbons (Fsp3) is 0.857. The molecule has 0 aromatic carbocycles. The monoisotopic (exact) mass is 316 g/mol. The zero-order valence-electron chi connectivity index (χ0n) is 15.1. The van der Waals surface area contributed by atoms with Crippen LogP contribution >= 0.6 is 0 Å². The van der Waals surface area contributed by atoms with E-state index < -0.39 is 0 Å². The van der Waals surface area contributed by atoms with Crippen LogP contribution in [0, 0.1) is 34.0 Å². The lowest BCUT2D eigenvalue weighted by Crippen LogP contribution is -2.58. The first-order valence-corrected chi connectivity index (χ1v) is 9.62. The number of allylic oxidation sites excluding steroid dienone is 1. The number of ether oxygens (including phenoxy) is 1. The van der Waals surface area contributed by atoms with Crippen LogP contribution < -0.4 is 0 Å². The molecule has 4 aliphatic rings. The Labute approximate surface area is 141 Å². The molecule has 0 heterocycles. The molecule has 4 fully saturated rings. The zero-order valence-corrected chi connectivity index (χ0v) is 15.1. The topological polar surface area (TPSA) is 26.3 Å². The molecule has 4 rings (SSSR count). The highest BCUT2D eigenvalue weighted by molar-refractivity contribution is 5.77. The van der Waals surface area contributed by atoms with E-state index in [1.54, 1.807) is 7.11 Å². The predicted octanol–water partition coefficient (Wildman–Crippen LogP) is 5.13. The average Bonchev–Trinajstić information content (AvgIpc) is 2.75. The SMILES string of the molecule is C=C1C[C@@]23CC[C@H]4[C@@](C)(CCC[C@@]4(C)C(=O)OC)[C@@H]2CCC1C3. The summed E-state index contributed by atoms with van der Waals surface area (Å²) in [5, 5.41) is 0. The number of carbonyl (C=O) groups excluding carboxylic acids is 1. The number of esters is 1. The molecule has 0 aromatic heterocycles. The summed E-state index contributed by atoms with van der Waals surface area (Å²) in [7, 11) is 1.57. The Morgan fingerprint density at radius 3 is 2.65 bits per heavy atom. The van der Waals surface area contributed by atoms with Gasteiger partial charge in [0.15, 0.2) is 0 Å². The van der Waals surface area contributed by atoms with Crippen molar-refractivity contribution in [2.45, 2.75) is 71.6 Å². The number of fused-ring (bicyclic) bond motifs is 3. The quantitative estimate of drug-likeness (QED) is 0.495. The van der Waals surface area contributed by atoms with Gasteiger partial charge in [0.2, 0.25) is 0 Å². The van der Waals surface area contributed by atoms with Crippen molar-refractivity contribution in [2.24, 2.45) is 34.0 Å². The molecule has 0 N–H and O–H groups in total. The van der Waals surface area contributed by atoms with Crippen LogP contribution in [0.15, 0.2) is 12.2 Å². The van der Waals surface area contributed by atoms with E-state index in [0.717, 1.165) is 18.3 Å². The van der Waals surface area contributed by atoms with Gasteiger partial charge in [0.25, 0.3) is 0 Å². The zero-order chi connectivity index (χ0) is 16.5. The summed E-state index contributed by atoms with van der Waals surface area (Å²) in [4.78, 5) is 12.6. The third-order valence-corrected chi connectivity index (χ3v) is 8.71. The van der Waals surface area contributed by atoms with E-state index in [1.165, 1.54) is 56.9 Å². The number of methoxy groups -OCH3 is 1. The molecule has 1 unspecified atom stereocenters. The second-order valence-corrected chi connectivity index (χ2v) is 9.59. The smallest absolute Gasteiger partial charge is 0.311 e. The fourth-order valence-electron chi connectivity index (χ4n) is 7.83. The van der Waals surface area contributed by atoms with Crippen LogP contribution in [0.25, 0.3) is 0 Å². The van der Waals surface area contributed by atoms with Crippen LogP contribution in [0.2, 0.25) is 0 Å². The van der Waals surface area contributed by atoms with E-state index in [0.29, 0.717) is 16.7 Å². The average molecular weight is 316 g/mol. The molecule has 0 amide bonds. The summed E-state index contributed by atoms with van der Waals surface area (Å²) in [6, 6.07) is 0. The van der Waals surface area contributed by atoms with Gasteiger partial charge in [-0.3, -0.25) is 4.79 Å². The van der Waals surface area contributed by atoms with Crippen LogP contribution in [0.4, 0.5) is 0 Å². The summed E-state index contributed by atoms with van der Waals surface area (Å²) in [6.45, 7) is 9.12. The Morgan fingerprint density at radius 1 is 1.13 bits per heavy atom. The van der Waals surface area contributed by atoms with E-state index in [1.807, 2.05) is 0 Å².